The fourth-order valence-corrected chi connectivity index (χ4v) is 2.93. The standard InChI is InChI=1S/C17H17NO3S/c1-2-21-16(19)12-15(14-10-6-7-11-18-14)22-17(20)13-8-4-3-5-9-13/h3-11,15H,2,12H2,1H3. The maximum absolute atomic E-state index is 12.4. The molecule has 0 aliphatic carbocycles. The number of benzene rings is 1. The molecule has 0 bridgehead atoms. The van der Waals surface area contributed by atoms with Gasteiger partial charge in [-0.05, 0) is 19.1 Å². The quantitative estimate of drug-likeness (QED) is 0.762. The van der Waals surface area contributed by atoms with Crippen LogP contribution in [0.4, 0.5) is 0 Å². The second-order valence-corrected chi connectivity index (χ2v) is 5.70. The highest BCUT2D eigenvalue weighted by molar-refractivity contribution is 8.14. The molecule has 2 rings (SSSR count). The Morgan fingerprint density at radius 1 is 1.14 bits per heavy atom. The van der Waals surface area contributed by atoms with Gasteiger partial charge in [0.15, 0.2) is 0 Å². The molecule has 1 atom stereocenters. The molecule has 0 saturated carbocycles. The summed E-state index contributed by atoms with van der Waals surface area (Å²) in [6.07, 6.45) is 1.77. The van der Waals surface area contributed by atoms with Crippen molar-refractivity contribution in [3.63, 3.8) is 0 Å². The molecule has 1 unspecified atom stereocenters. The minimum absolute atomic E-state index is 0.0828. The van der Waals surface area contributed by atoms with Crippen molar-refractivity contribution in [2.75, 3.05) is 6.61 Å². The van der Waals surface area contributed by atoms with Gasteiger partial charge in [-0.25, -0.2) is 0 Å². The molecule has 0 aliphatic rings. The molecule has 0 radical (unpaired) electrons. The Morgan fingerprint density at radius 2 is 1.86 bits per heavy atom. The topological polar surface area (TPSA) is 56.3 Å². The number of esters is 1. The molecule has 2 aromatic rings. The highest BCUT2D eigenvalue weighted by Crippen LogP contribution is 2.33. The van der Waals surface area contributed by atoms with Crippen molar-refractivity contribution in [2.24, 2.45) is 0 Å². The van der Waals surface area contributed by atoms with Crippen LogP contribution in [0, 0.1) is 0 Å². The first kappa shape index (κ1) is 16.2. The minimum atomic E-state index is -0.354. The number of carbonyl (C=O) groups is 2. The molecule has 0 fully saturated rings. The van der Waals surface area contributed by atoms with Crippen LogP contribution in [0.25, 0.3) is 0 Å². The van der Waals surface area contributed by atoms with Gasteiger partial charge in [0.05, 0.1) is 24.0 Å². The number of nitrogens with zero attached hydrogens (tertiary/aromatic N) is 1. The van der Waals surface area contributed by atoms with Gasteiger partial charge in [-0.15, -0.1) is 0 Å². The fourth-order valence-electron chi connectivity index (χ4n) is 1.92. The Bertz CT molecular complexity index is 616. The number of carbonyl (C=O) groups excluding carboxylic acids is 2. The summed E-state index contributed by atoms with van der Waals surface area (Å²) in [5, 5.41) is -0.437. The van der Waals surface area contributed by atoms with Gasteiger partial charge in [0.1, 0.15) is 0 Å². The summed E-state index contributed by atoms with van der Waals surface area (Å²) in [6.45, 7) is 2.08. The van der Waals surface area contributed by atoms with Crippen LogP contribution in [0.1, 0.15) is 34.6 Å². The van der Waals surface area contributed by atoms with Crippen LogP contribution in [0.5, 0.6) is 0 Å². The van der Waals surface area contributed by atoms with Crippen molar-refractivity contribution < 1.29 is 14.3 Å². The maximum atomic E-state index is 12.4. The van der Waals surface area contributed by atoms with E-state index < -0.39 is 0 Å². The number of pyridine rings is 1. The zero-order valence-corrected chi connectivity index (χ0v) is 13.1. The SMILES string of the molecule is CCOC(=O)CC(SC(=O)c1ccccc1)c1ccccn1. The fraction of sp³-hybridized carbons (Fsp3) is 0.235. The summed E-state index contributed by atoms with van der Waals surface area (Å²) in [6, 6.07) is 14.5. The predicted octanol–water partition coefficient (Wildman–Crippen LogP) is 3.65. The van der Waals surface area contributed by atoms with E-state index in [0.717, 1.165) is 11.8 Å². The van der Waals surface area contributed by atoms with Crippen LogP contribution in [0.15, 0.2) is 54.7 Å². The van der Waals surface area contributed by atoms with Crippen molar-refractivity contribution >= 4 is 22.8 Å². The second kappa shape index (κ2) is 8.34. The zero-order valence-electron chi connectivity index (χ0n) is 12.3. The number of thioether (sulfide) groups is 1. The van der Waals surface area contributed by atoms with E-state index in [1.807, 2.05) is 30.3 Å². The largest absolute Gasteiger partial charge is 0.466 e. The Labute approximate surface area is 133 Å². The summed E-state index contributed by atoms with van der Waals surface area (Å²) >= 11 is 1.10. The molecule has 114 valence electrons. The number of hydrogen-bond acceptors (Lipinski definition) is 5. The number of hydrogen-bond donors (Lipinski definition) is 0. The van der Waals surface area contributed by atoms with Gasteiger partial charge in [-0.2, -0.15) is 0 Å². The molecule has 0 saturated heterocycles. The lowest BCUT2D eigenvalue weighted by molar-refractivity contribution is -0.143. The summed E-state index contributed by atoms with van der Waals surface area (Å²) in [7, 11) is 0. The molecule has 0 spiro atoms. The predicted molar refractivity (Wildman–Crippen MR) is 86.6 cm³/mol. The van der Waals surface area contributed by atoms with E-state index in [4.69, 9.17) is 4.74 Å². The Morgan fingerprint density at radius 3 is 2.50 bits per heavy atom. The van der Waals surface area contributed by atoms with Gasteiger partial charge in [-0.1, -0.05) is 48.2 Å². The van der Waals surface area contributed by atoms with Gasteiger partial charge >= 0.3 is 5.97 Å². The summed E-state index contributed by atoms with van der Waals surface area (Å²) in [5.41, 5.74) is 1.31. The summed E-state index contributed by atoms with van der Waals surface area (Å²) in [4.78, 5) is 28.4. The lowest BCUT2D eigenvalue weighted by Crippen LogP contribution is -2.11. The Kier molecular flexibility index (Phi) is 6.15. The van der Waals surface area contributed by atoms with E-state index in [0.29, 0.717) is 17.9 Å². The van der Waals surface area contributed by atoms with Crippen LogP contribution in [0.3, 0.4) is 0 Å². The summed E-state index contributed by atoms with van der Waals surface area (Å²) in [5.74, 6) is -0.327. The third kappa shape index (κ3) is 4.70. The van der Waals surface area contributed by atoms with Gasteiger partial charge < -0.3 is 4.74 Å². The van der Waals surface area contributed by atoms with E-state index >= 15 is 0 Å². The van der Waals surface area contributed by atoms with Crippen molar-refractivity contribution in [1.29, 1.82) is 0 Å². The molecule has 1 aromatic heterocycles. The Hall–Kier alpha value is -2.14. The van der Waals surface area contributed by atoms with Crippen LogP contribution >= 0.6 is 11.8 Å². The lowest BCUT2D eigenvalue weighted by atomic mass is 10.2. The molecule has 22 heavy (non-hydrogen) atoms. The van der Waals surface area contributed by atoms with E-state index in [1.165, 1.54) is 0 Å². The molecule has 0 N–H and O–H groups in total. The van der Waals surface area contributed by atoms with E-state index in [2.05, 4.69) is 4.98 Å². The molecule has 1 aromatic carbocycles. The van der Waals surface area contributed by atoms with Gasteiger partial charge in [0.25, 0.3) is 0 Å². The number of ether oxygens (including phenoxy) is 1. The molecule has 4 nitrogen and oxygen atoms in total. The van der Waals surface area contributed by atoms with Crippen LogP contribution < -0.4 is 0 Å². The van der Waals surface area contributed by atoms with Crippen molar-refractivity contribution in [2.45, 2.75) is 18.6 Å². The number of aromatic nitrogens is 1. The molecule has 1 heterocycles. The minimum Gasteiger partial charge on any atom is -0.466 e. The molecule has 5 heteroatoms. The first-order chi connectivity index (χ1) is 10.7. The highest BCUT2D eigenvalue weighted by Gasteiger charge is 2.22. The first-order valence-electron chi connectivity index (χ1n) is 7.03. The average molecular weight is 315 g/mol. The maximum Gasteiger partial charge on any atom is 0.307 e. The molecular weight excluding hydrogens is 298 g/mol. The Balaban J connectivity index is 2.14. The van der Waals surface area contributed by atoms with Crippen LogP contribution in [-0.4, -0.2) is 22.7 Å². The van der Waals surface area contributed by atoms with E-state index in [-0.39, 0.29) is 22.8 Å². The normalized spacial score (nSPS) is 11.7. The average Bonchev–Trinajstić information content (AvgIpc) is 2.56. The van der Waals surface area contributed by atoms with E-state index in [9.17, 15) is 9.59 Å². The van der Waals surface area contributed by atoms with Gasteiger partial charge in [-0.3, -0.25) is 14.6 Å². The van der Waals surface area contributed by atoms with Crippen molar-refractivity contribution in [3.05, 3.63) is 66.0 Å². The third-order valence-electron chi connectivity index (χ3n) is 2.93. The lowest BCUT2D eigenvalue weighted by Gasteiger charge is -2.14. The molecule has 0 amide bonds. The van der Waals surface area contributed by atoms with Crippen LogP contribution in [-0.2, 0) is 9.53 Å². The number of rotatable bonds is 6. The monoisotopic (exact) mass is 315 g/mol. The molecule has 0 aliphatic heterocycles. The second-order valence-electron chi connectivity index (χ2n) is 4.52. The highest BCUT2D eigenvalue weighted by atomic mass is 32.2. The third-order valence-corrected chi connectivity index (χ3v) is 4.08. The smallest absolute Gasteiger partial charge is 0.307 e. The van der Waals surface area contributed by atoms with Crippen molar-refractivity contribution in [3.8, 4) is 0 Å². The zero-order chi connectivity index (χ0) is 15.8. The summed E-state index contributed by atoms with van der Waals surface area (Å²) < 4.78 is 4.99. The van der Waals surface area contributed by atoms with E-state index in [1.54, 1.807) is 31.3 Å². The van der Waals surface area contributed by atoms with Crippen LogP contribution in [0.2, 0.25) is 0 Å². The van der Waals surface area contributed by atoms with Gasteiger partial charge in [0, 0.05) is 11.8 Å². The van der Waals surface area contributed by atoms with Crippen molar-refractivity contribution in [1.82, 2.24) is 4.98 Å². The molecular formula is C17H17NO3S. The first-order valence-corrected chi connectivity index (χ1v) is 7.91. The van der Waals surface area contributed by atoms with Gasteiger partial charge in [0.2, 0.25) is 5.12 Å².